The molecule has 0 unspecified atom stereocenters. The van der Waals surface area contributed by atoms with Gasteiger partial charge in [-0.1, -0.05) is 37.3 Å². The predicted molar refractivity (Wildman–Crippen MR) is 118 cm³/mol. The van der Waals surface area contributed by atoms with Crippen molar-refractivity contribution in [1.29, 1.82) is 0 Å². The van der Waals surface area contributed by atoms with Crippen LogP contribution >= 0.6 is 11.3 Å². The minimum absolute atomic E-state index is 0.498. The first-order valence-corrected chi connectivity index (χ1v) is 10.7. The Morgan fingerprint density at radius 2 is 1.93 bits per heavy atom. The lowest BCUT2D eigenvalue weighted by Gasteiger charge is -2.10. The molecule has 0 radical (unpaired) electrons. The largest absolute Gasteiger partial charge is 0.473 e. The van der Waals surface area contributed by atoms with Crippen molar-refractivity contribution in [1.82, 2.24) is 20.6 Å². The average molecular weight is 410 g/mol. The Bertz CT molecular complexity index is 910. The highest BCUT2D eigenvalue weighted by atomic mass is 32.1. The number of nitrogens with one attached hydrogen (secondary N) is 2. The molecule has 0 bridgehead atoms. The van der Waals surface area contributed by atoms with Gasteiger partial charge in [0.25, 0.3) is 0 Å². The zero-order valence-electron chi connectivity index (χ0n) is 16.9. The maximum atomic E-state index is 5.81. The van der Waals surface area contributed by atoms with Crippen LogP contribution in [0.2, 0.25) is 0 Å². The molecule has 0 saturated carbocycles. The summed E-state index contributed by atoms with van der Waals surface area (Å²) < 4.78 is 5.81. The highest BCUT2D eigenvalue weighted by molar-refractivity contribution is 7.11. The van der Waals surface area contributed by atoms with Crippen LogP contribution in [0.25, 0.3) is 0 Å². The van der Waals surface area contributed by atoms with Gasteiger partial charge in [-0.25, -0.2) is 15.0 Å². The van der Waals surface area contributed by atoms with Crippen LogP contribution < -0.4 is 15.4 Å². The van der Waals surface area contributed by atoms with Crippen LogP contribution in [-0.2, 0) is 26.1 Å². The number of benzene rings is 1. The van der Waals surface area contributed by atoms with Crippen molar-refractivity contribution >= 4 is 17.3 Å². The summed E-state index contributed by atoms with van der Waals surface area (Å²) in [4.78, 5) is 14.7. The molecule has 0 aliphatic rings. The third-order valence-electron chi connectivity index (χ3n) is 4.15. The van der Waals surface area contributed by atoms with Gasteiger partial charge in [0.15, 0.2) is 5.96 Å². The summed E-state index contributed by atoms with van der Waals surface area (Å²) in [5.74, 6) is 1.37. The monoisotopic (exact) mass is 409 g/mol. The number of guanidine groups is 1. The number of hydrogen-bond acceptors (Lipinski definition) is 5. The molecule has 2 N–H and O–H groups in total. The highest BCUT2D eigenvalue weighted by Gasteiger charge is 2.04. The van der Waals surface area contributed by atoms with Crippen molar-refractivity contribution in [2.45, 2.75) is 40.0 Å². The Balaban J connectivity index is 1.56. The summed E-state index contributed by atoms with van der Waals surface area (Å²) in [6, 6.07) is 14.0. The summed E-state index contributed by atoms with van der Waals surface area (Å²) >= 11 is 1.73. The first-order chi connectivity index (χ1) is 14.3. The van der Waals surface area contributed by atoms with Gasteiger partial charge >= 0.3 is 0 Å². The Hall–Kier alpha value is -2.93. The van der Waals surface area contributed by atoms with Crippen LogP contribution in [0.4, 0.5) is 0 Å². The molecule has 0 amide bonds. The predicted octanol–water partition coefficient (Wildman–Crippen LogP) is 3.93. The number of ether oxygens (including phenoxy) is 1. The molecule has 2 heterocycles. The molecule has 0 aliphatic heterocycles. The molecule has 0 atom stereocenters. The molecule has 3 aromatic rings. The zero-order chi connectivity index (χ0) is 20.3. The summed E-state index contributed by atoms with van der Waals surface area (Å²) in [7, 11) is 0. The number of hydrogen-bond donors (Lipinski definition) is 2. The summed E-state index contributed by atoms with van der Waals surface area (Å²) in [6.45, 7) is 6.69. The molecule has 0 aliphatic carbocycles. The van der Waals surface area contributed by atoms with E-state index in [2.05, 4.69) is 39.4 Å². The van der Waals surface area contributed by atoms with Crippen LogP contribution in [-0.4, -0.2) is 22.5 Å². The van der Waals surface area contributed by atoms with Crippen molar-refractivity contribution in [3.05, 3.63) is 75.9 Å². The molecule has 3 rings (SSSR count). The topological polar surface area (TPSA) is 71.4 Å². The number of rotatable bonds is 9. The van der Waals surface area contributed by atoms with Gasteiger partial charge in [-0.15, -0.1) is 11.3 Å². The minimum Gasteiger partial charge on any atom is -0.473 e. The van der Waals surface area contributed by atoms with Gasteiger partial charge in [0.2, 0.25) is 5.88 Å². The highest BCUT2D eigenvalue weighted by Crippen LogP contribution is 2.14. The Labute approximate surface area is 176 Å². The van der Waals surface area contributed by atoms with E-state index in [0.29, 0.717) is 25.6 Å². The van der Waals surface area contributed by atoms with Crippen LogP contribution in [0.5, 0.6) is 5.88 Å². The normalized spacial score (nSPS) is 11.3. The van der Waals surface area contributed by atoms with E-state index in [9.17, 15) is 0 Å². The Morgan fingerprint density at radius 3 is 2.69 bits per heavy atom. The van der Waals surface area contributed by atoms with Crippen LogP contribution in [0.1, 0.15) is 34.9 Å². The number of thiazole rings is 1. The summed E-state index contributed by atoms with van der Waals surface area (Å²) in [6.07, 6.45) is 4.72. The number of aromatic nitrogens is 2. The van der Waals surface area contributed by atoms with Crippen molar-refractivity contribution in [3.63, 3.8) is 0 Å². The van der Waals surface area contributed by atoms with E-state index in [1.807, 2.05) is 48.7 Å². The quantitative estimate of drug-likeness (QED) is 0.414. The fourth-order valence-corrected chi connectivity index (χ4v) is 3.43. The van der Waals surface area contributed by atoms with Crippen molar-refractivity contribution in [3.8, 4) is 5.88 Å². The molecule has 1 aromatic carbocycles. The van der Waals surface area contributed by atoms with Gasteiger partial charge in [0, 0.05) is 29.9 Å². The van der Waals surface area contributed by atoms with Gasteiger partial charge in [0.1, 0.15) is 11.6 Å². The Kier molecular flexibility index (Phi) is 8.01. The molecule has 0 spiro atoms. The van der Waals surface area contributed by atoms with Crippen molar-refractivity contribution in [2.75, 3.05) is 6.54 Å². The van der Waals surface area contributed by atoms with E-state index >= 15 is 0 Å². The maximum Gasteiger partial charge on any atom is 0.213 e. The van der Waals surface area contributed by atoms with Gasteiger partial charge in [0.05, 0.1) is 13.1 Å². The minimum atomic E-state index is 0.498. The van der Waals surface area contributed by atoms with Gasteiger partial charge < -0.3 is 15.4 Å². The van der Waals surface area contributed by atoms with Crippen LogP contribution in [0, 0.1) is 0 Å². The van der Waals surface area contributed by atoms with E-state index in [0.717, 1.165) is 35.1 Å². The van der Waals surface area contributed by atoms with Gasteiger partial charge in [-0.2, -0.15) is 0 Å². The summed E-state index contributed by atoms with van der Waals surface area (Å²) in [5, 5.41) is 7.68. The number of pyridine rings is 1. The standard InChI is InChI=1S/C22H27N5OS/c1-3-19-14-25-21(29-19)15-27-22(23-4-2)26-13-18-10-11-24-20(12-18)28-16-17-8-6-5-7-9-17/h5-12,14H,3-4,13,15-16H2,1-2H3,(H2,23,26,27). The summed E-state index contributed by atoms with van der Waals surface area (Å²) in [5.41, 5.74) is 2.16. The number of aryl methyl sites for hydroxylation is 1. The van der Waals surface area contributed by atoms with Crippen LogP contribution in [0.3, 0.4) is 0 Å². The lowest BCUT2D eigenvalue weighted by atomic mass is 10.2. The molecule has 2 aromatic heterocycles. The molecular formula is C22H27N5OS. The molecule has 29 heavy (non-hydrogen) atoms. The van der Waals surface area contributed by atoms with Gasteiger partial charge in [-0.3, -0.25) is 0 Å². The van der Waals surface area contributed by atoms with Gasteiger partial charge in [-0.05, 0) is 30.5 Å². The first-order valence-electron chi connectivity index (χ1n) is 9.84. The number of nitrogens with zero attached hydrogens (tertiary/aromatic N) is 3. The second kappa shape index (κ2) is 11.2. The number of aliphatic imine (C=N–C) groups is 1. The Morgan fingerprint density at radius 1 is 1.07 bits per heavy atom. The van der Waals surface area contributed by atoms with E-state index < -0.39 is 0 Å². The van der Waals surface area contributed by atoms with E-state index in [1.165, 1.54) is 4.88 Å². The van der Waals surface area contributed by atoms with E-state index in [-0.39, 0.29) is 0 Å². The second-order valence-electron chi connectivity index (χ2n) is 6.40. The molecule has 152 valence electrons. The lowest BCUT2D eigenvalue weighted by Crippen LogP contribution is -2.36. The second-order valence-corrected chi connectivity index (χ2v) is 7.60. The van der Waals surface area contributed by atoms with E-state index in [1.54, 1.807) is 17.5 Å². The molecule has 7 heteroatoms. The van der Waals surface area contributed by atoms with Crippen molar-refractivity contribution < 1.29 is 4.74 Å². The third-order valence-corrected chi connectivity index (χ3v) is 5.29. The maximum absolute atomic E-state index is 5.81. The van der Waals surface area contributed by atoms with Crippen LogP contribution in [0.15, 0.2) is 59.9 Å². The third kappa shape index (κ3) is 6.87. The smallest absolute Gasteiger partial charge is 0.213 e. The zero-order valence-corrected chi connectivity index (χ0v) is 17.7. The molecule has 6 nitrogen and oxygen atoms in total. The molecular weight excluding hydrogens is 382 g/mol. The fourth-order valence-electron chi connectivity index (χ4n) is 2.62. The fraction of sp³-hybridized carbons (Fsp3) is 0.318. The first kappa shape index (κ1) is 20.8. The van der Waals surface area contributed by atoms with Crippen molar-refractivity contribution in [2.24, 2.45) is 4.99 Å². The molecule has 0 saturated heterocycles. The molecule has 0 fully saturated rings. The van der Waals surface area contributed by atoms with E-state index in [4.69, 9.17) is 4.74 Å². The average Bonchev–Trinajstić information content (AvgIpc) is 3.23. The lowest BCUT2D eigenvalue weighted by molar-refractivity contribution is 0.293. The SMILES string of the molecule is CCNC(=NCc1ccnc(OCc2ccccc2)c1)NCc1ncc(CC)s1.